The van der Waals surface area contributed by atoms with Gasteiger partial charge in [0.05, 0.1) is 0 Å². The molecule has 0 radical (unpaired) electrons. The zero-order valence-corrected chi connectivity index (χ0v) is 13.8. The molecular formula is C15H22N6O3. The number of carbonyl (C=O) groups is 2. The number of nitrogen functional groups attached to an aromatic ring is 1. The van der Waals surface area contributed by atoms with E-state index in [0.717, 1.165) is 6.42 Å². The van der Waals surface area contributed by atoms with Crippen LogP contribution < -0.4 is 16.0 Å². The fourth-order valence-electron chi connectivity index (χ4n) is 2.38. The third-order valence-electron chi connectivity index (χ3n) is 3.59. The number of carboxylic acid groups (broad SMARTS) is 1. The fourth-order valence-corrected chi connectivity index (χ4v) is 2.38. The van der Waals surface area contributed by atoms with Gasteiger partial charge in [0.1, 0.15) is 11.4 Å². The SMILES string of the molecule is CN(C)CC=CC(=O)N[C@@H]1CCN(c2ncc(C(=O)O)c(N)n2)C1. The minimum Gasteiger partial charge on any atom is -0.477 e. The van der Waals surface area contributed by atoms with Crippen LogP contribution in [-0.4, -0.2) is 71.6 Å². The molecule has 0 saturated carbocycles. The number of hydrogen-bond acceptors (Lipinski definition) is 7. The van der Waals surface area contributed by atoms with Gasteiger partial charge < -0.3 is 26.0 Å². The number of aromatic carboxylic acids is 1. The third kappa shape index (κ3) is 4.66. The van der Waals surface area contributed by atoms with Crippen LogP contribution in [0.3, 0.4) is 0 Å². The minimum absolute atomic E-state index is 0.00881. The molecule has 1 aromatic heterocycles. The van der Waals surface area contributed by atoms with E-state index in [-0.39, 0.29) is 23.3 Å². The highest BCUT2D eigenvalue weighted by Crippen LogP contribution is 2.18. The van der Waals surface area contributed by atoms with Crippen molar-refractivity contribution < 1.29 is 14.7 Å². The molecule has 1 amide bonds. The lowest BCUT2D eigenvalue weighted by atomic mass is 10.2. The topological polar surface area (TPSA) is 125 Å². The molecule has 0 unspecified atom stereocenters. The molecular weight excluding hydrogens is 312 g/mol. The Morgan fingerprint density at radius 2 is 2.29 bits per heavy atom. The summed E-state index contributed by atoms with van der Waals surface area (Å²) in [6.45, 7) is 1.92. The number of carboxylic acids is 1. The molecule has 1 aliphatic heterocycles. The van der Waals surface area contributed by atoms with E-state index in [1.807, 2.05) is 23.9 Å². The van der Waals surface area contributed by atoms with E-state index in [0.29, 0.717) is 25.6 Å². The van der Waals surface area contributed by atoms with Crippen molar-refractivity contribution in [1.82, 2.24) is 20.2 Å². The summed E-state index contributed by atoms with van der Waals surface area (Å²) in [6.07, 6.45) is 5.29. The normalized spacial score (nSPS) is 17.6. The van der Waals surface area contributed by atoms with Crippen LogP contribution >= 0.6 is 0 Å². The number of hydrogen-bond donors (Lipinski definition) is 3. The highest BCUT2D eigenvalue weighted by atomic mass is 16.4. The van der Waals surface area contributed by atoms with E-state index in [2.05, 4.69) is 15.3 Å². The highest BCUT2D eigenvalue weighted by molar-refractivity contribution is 5.92. The van der Waals surface area contributed by atoms with Gasteiger partial charge in [-0.05, 0) is 20.5 Å². The van der Waals surface area contributed by atoms with Gasteiger partial charge in [0.2, 0.25) is 11.9 Å². The van der Waals surface area contributed by atoms with Crippen molar-refractivity contribution in [1.29, 1.82) is 0 Å². The molecule has 1 aromatic rings. The lowest BCUT2D eigenvalue weighted by molar-refractivity contribution is -0.117. The molecule has 1 aliphatic rings. The van der Waals surface area contributed by atoms with Crippen LogP contribution in [0.25, 0.3) is 0 Å². The monoisotopic (exact) mass is 334 g/mol. The van der Waals surface area contributed by atoms with Gasteiger partial charge in [-0.2, -0.15) is 4.98 Å². The molecule has 0 spiro atoms. The number of amides is 1. The lowest BCUT2D eigenvalue weighted by Crippen LogP contribution is -2.36. The average Bonchev–Trinajstić information content (AvgIpc) is 2.94. The van der Waals surface area contributed by atoms with Gasteiger partial charge in [-0.3, -0.25) is 4.79 Å². The molecule has 9 heteroatoms. The summed E-state index contributed by atoms with van der Waals surface area (Å²) in [5.74, 6) is -0.982. The molecule has 9 nitrogen and oxygen atoms in total. The first-order valence-electron chi connectivity index (χ1n) is 7.59. The van der Waals surface area contributed by atoms with Crippen molar-refractivity contribution in [2.45, 2.75) is 12.5 Å². The first-order chi connectivity index (χ1) is 11.4. The first kappa shape index (κ1) is 17.7. The van der Waals surface area contributed by atoms with E-state index in [1.54, 1.807) is 6.08 Å². The zero-order chi connectivity index (χ0) is 17.7. The second-order valence-electron chi connectivity index (χ2n) is 5.88. The number of nitrogens with two attached hydrogens (primary N) is 1. The van der Waals surface area contributed by atoms with Gasteiger partial charge in [0, 0.05) is 37.9 Å². The summed E-state index contributed by atoms with van der Waals surface area (Å²) in [5.41, 5.74) is 5.53. The molecule has 2 heterocycles. The maximum absolute atomic E-state index is 11.8. The Hall–Kier alpha value is -2.68. The Morgan fingerprint density at radius 3 is 2.92 bits per heavy atom. The Balaban J connectivity index is 1.91. The van der Waals surface area contributed by atoms with Crippen molar-refractivity contribution in [2.24, 2.45) is 0 Å². The van der Waals surface area contributed by atoms with E-state index < -0.39 is 5.97 Å². The molecule has 1 atom stereocenters. The zero-order valence-electron chi connectivity index (χ0n) is 13.8. The lowest BCUT2D eigenvalue weighted by Gasteiger charge is -2.17. The Labute approximate surface area is 140 Å². The Kier molecular flexibility index (Phi) is 5.69. The van der Waals surface area contributed by atoms with E-state index in [4.69, 9.17) is 10.8 Å². The standard InChI is InChI=1S/C15H22N6O3/c1-20(2)6-3-4-12(22)18-10-5-7-21(9-10)15-17-8-11(14(23)24)13(16)19-15/h3-4,8,10H,5-7,9H2,1-2H3,(H,18,22)(H,23,24)(H2,16,17,19)/t10-/m1/s1. The first-order valence-corrected chi connectivity index (χ1v) is 7.59. The fraction of sp³-hybridized carbons (Fsp3) is 0.467. The van der Waals surface area contributed by atoms with Crippen molar-refractivity contribution in [3.63, 3.8) is 0 Å². The molecule has 0 aliphatic carbocycles. The van der Waals surface area contributed by atoms with Crippen molar-refractivity contribution in [2.75, 3.05) is 44.4 Å². The van der Waals surface area contributed by atoms with Crippen LogP contribution in [0.15, 0.2) is 18.3 Å². The Bertz CT molecular complexity index is 646. The average molecular weight is 334 g/mol. The van der Waals surface area contributed by atoms with Gasteiger partial charge in [-0.15, -0.1) is 0 Å². The number of nitrogens with one attached hydrogen (secondary N) is 1. The third-order valence-corrected chi connectivity index (χ3v) is 3.59. The largest absolute Gasteiger partial charge is 0.477 e. The van der Waals surface area contributed by atoms with Crippen LogP contribution in [0.2, 0.25) is 0 Å². The second kappa shape index (κ2) is 7.73. The van der Waals surface area contributed by atoms with Gasteiger partial charge in [-0.1, -0.05) is 6.08 Å². The van der Waals surface area contributed by atoms with Crippen LogP contribution in [0, 0.1) is 0 Å². The number of rotatable bonds is 6. The van der Waals surface area contributed by atoms with E-state index in [1.165, 1.54) is 12.3 Å². The number of aromatic nitrogens is 2. The minimum atomic E-state index is -1.16. The second-order valence-corrected chi connectivity index (χ2v) is 5.88. The predicted octanol–water partition coefficient (Wildman–Crippen LogP) is -0.430. The van der Waals surface area contributed by atoms with Gasteiger partial charge in [0.25, 0.3) is 0 Å². The number of nitrogens with zero attached hydrogens (tertiary/aromatic N) is 4. The highest BCUT2D eigenvalue weighted by Gasteiger charge is 2.26. The van der Waals surface area contributed by atoms with E-state index >= 15 is 0 Å². The van der Waals surface area contributed by atoms with Crippen LogP contribution in [0.1, 0.15) is 16.8 Å². The molecule has 130 valence electrons. The van der Waals surface area contributed by atoms with Crippen LogP contribution in [0.4, 0.5) is 11.8 Å². The van der Waals surface area contributed by atoms with Crippen LogP contribution in [0.5, 0.6) is 0 Å². The molecule has 0 aromatic carbocycles. The quantitative estimate of drug-likeness (QED) is 0.599. The summed E-state index contributed by atoms with van der Waals surface area (Å²) < 4.78 is 0. The maximum Gasteiger partial charge on any atom is 0.341 e. The summed E-state index contributed by atoms with van der Waals surface area (Å²) in [7, 11) is 3.86. The van der Waals surface area contributed by atoms with Gasteiger partial charge >= 0.3 is 5.97 Å². The number of carbonyl (C=O) groups excluding carboxylic acids is 1. The molecule has 2 rings (SSSR count). The van der Waals surface area contributed by atoms with E-state index in [9.17, 15) is 9.59 Å². The van der Waals surface area contributed by atoms with Crippen molar-refractivity contribution >= 4 is 23.6 Å². The van der Waals surface area contributed by atoms with Gasteiger partial charge in [-0.25, -0.2) is 9.78 Å². The molecule has 0 bridgehead atoms. The number of likely N-dealkylation sites (N-methyl/N-ethyl adjacent to an activating group) is 1. The number of anilines is 2. The summed E-state index contributed by atoms with van der Waals surface area (Å²) in [4.78, 5) is 34.7. The summed E-state index contributed by atoms with van der Waals surface area (Å²) in [6, 6.07) is -0.00881. The maximum atomic E-state index is 11.8. The molecule has 1 saturated heterocycles. The smallest absolute Gasteiger partial charge is 0.341 e. The van der Waals surface area contributed by atoms with Crippen molar-refractivity contribution in [3.05, 3.63) is 23.9 Å². The molecule has 4 N–H and O–H groups in total. The summed E-state index contributed by atoms with van der Waals surface area (Å²) in [5, 5.41) is 11.9. The molecule has 1 fully saturated rings. The molecule has 24 heavy (non-hydrogen) atoms. The predicted molar refractivity (Wildman–Crippen MR) is 89.9 cm³/mol. The summed E-state index contributed by atoms with van der Waals surface area (Å²) >= 11 is 0. The Morgan fingerprint density at radius 1 is 1.54 bits per heavy atom. The van der Waals surface area contributed by atoms with Gasteiger partial charge in [0.15, 0.2) is 0 Å². The van der Waals surface area contributed by atoms with Crippen molar-refractivity contribution in [3.8, 4) is 0 Å². The van der Waals surface area contributed by atoms with Crippen LogP contribution in [-0.2, 0) is 4.79 Å².